The van der Waals surface area contributed by atoms with E-state index in [2.05, 4.69) is 90.1 Å². The smallest absolute Gasteiger partial charge is 0.120 e. The van der Waals surface area contributed by atoms with Crippen molar-refractivity contribution in [3.63, 3.8) is 0 Å². The van der Waals surface area contributed by atoms with E-state index in [9.17, 15) is 9.59 Å². The van der Waals surface area contributed by atoms with Crippen molar-refractivity contribution in [1.29, 1.82) is 0 Å². The normalized spacial score (nSPS) is 11.4. The third-order valence-electron chi connectivity index (χ3n) is 4.98. The fraction of sp³-hybridized carbons (Fsp3) is 0.481. The Kier molecular flexibility index (Phi) is 10.0. The van der Waals surface area contributed by atoms with Gasteiger partial charge < -0.3 is 9.59 Å². The van der Waals surface area contributed by atoms with Gasteiger partial charge in [-0.05, 0) is 52.3 Å². The lowest BCUT2D eigenvalue weighted by molar-refractivity contribution is -0.108. The Bertz CT molecular complexity index is 726. The Morgan fingerprint density at radius 3 is 1.31 bits per heavy atom. The van der Waals surface area contributed by atoms with Crippen molar-refractivity contribution in [3.8, 4) is 0 Å². The van der Waals surface area contributed by atoms with Crippen LogP contribution in [0.2, 0.25) is 0 Å². The summed E-state index contributed by atoms with van der Waals surface area (Å²) in [4.78, 5) is 20.4. The van der Waals surface area contributed by atoms with E-state index in [4.69, 9.17) is 0 Å². The molecule has 2 nitrogen and oxygen atoms in total. The number of unbranched alkanes of at least 4 members (excludes halogenated alkanes) is 1. The second-order valence-corrected chi connectivity index (χ2v) is 9.66. The summed E-state index contributed by atoms with van der Waals surface area (Å²) in [5.74, 6) is 0. The zero-order valence-corrected chi connectivity index (χ0v) is 19.1. The Morgan fingerprint density at radius 2 is 0.966 bits per heavy atom. The Morgan fingerprint density at radius 1 is 0.586 bits per heavy atom. The van der Waals surface area contributed by atoms with E-state index in [1.165, 1.54) is 22.3 Å². The molecule has 0 amide bonds. The largest absolute Gasteiger partial charge is 0.303 e. The molecule has 0 aromatic heterocycles. The van der Waals surface area contributed by atoms with Gasteiger partial charge in [0.25, 0.3) is 0 Å². The van der Waals surface area contributed by atoms with Crippen LogP contribution < -0.4 is 0 Å². The van der Waals surface area contributed by atoms with Crippen molar-refractivity contribution in [1.82, 2.24) is 0 Å². The predicted octanol–water partition coefficient (Wildman–Crippen LogP) is 6.62. The van der Waals surface area contributed by atoms with Crippen LogP contribution in [-0.4, -0.2) is 12.6 Å². The molecule has 0 saturated heterocycles. The zero-order valence-electron chi connectivity index (χ0n) is 19.1. The van der Waals surface area contributed by atoms with Gasteiger partial charge in [0.15, 0.2) is 0 Å². The summed E-state index contributed by atoms with van der Waals surface area (Å²) in [6, 6.07) is 17.3. The van der Waals surface area contributed by atoms with Crippen LogP contribution in [0, 0.1) is 0 Å². The number of aldehydes is 2. The van der Waals surface area contributed by atoms with Crippen LogP contribution in [0.3, 0.4) is 0 Å². The third kappa shape index (κ3) is 9.69. The summed E-state index contributed by atoms with van der Waals surface area (Å²) in [5.41, 5.74) is 5.70. The van der Waals surface area contributed by atoms with Gasteiger partial charge in [-0.25, -0.2) is 0 Å². The van der Waals surface area contributed by atoms with E-state index in [0.29, 0.717) is 12.8 Å². The number of hydrogen-bond acceptors (Lipinski definition) is 2. The van der Waals surface area contributed by atoms with Crippen molar-refractivity contribution >= 4 is 12.6 Å². The van der Waals surface area contributed by atoms with E-state index in [-0.39, 0.29) is 10.8 Å². The molecular formula is C27H38O2. The van der Waals surface area contributed by atoms with E-state index < -0.39 is 0 Å². The van der Waals surface area contributed by atoms with Gasteiger partial charge in [-0.3, -0.25) is 0 Å². The molecule has 2 heteroatoms. The highest BCUT2D eigenvalue weighted by molar-refractivity contribution is 5.50. The standard InChI is InChI=1S/C14H20O.C13H18O/c1-14(2,3)13-9-7-12(8-10-13)6-4-5-11-15;1-13(2,3)12-8-6-11(7-9-12)5-4-10-14/h7-11H,4-6H2,1-3H3;6-10H,4-5H2,1-3H3. The van der Waals surface area contributed by atoms with E-state index in [0.717, 1.165) is 31.8 Å². The first-order chi connectivity index (χ1) is 13.6. The van der Waals surface area contributed by atoms with Crippen molar-refractivity contribution in [2.24, 2.45) is 0 Å². The summed E-state index contributed by atoms with van der Waals surface area (Å²) in [5, 5.41) is 0. The van der Waals surface area contributed by atoms with Gasteiger partial charge in [-0.1, -0.05) is 90.1 Å². The van der Waals surface area contributed by atoms with Crippen LogP contribution in [0.1, 0.15) is 83.1 Å². The van der Waals surface area contributed by atoms with Gasteiger partial charge in [0, 0.05) is 12.8 Å². The molecule has 2 aromatic carbocycles. The average molecular weight is 395 g/mol. The summed E-state index contributed by atoms with van der Waals surface area (Å²) in [6.45, 7) is 13.3. The van der Waals surface area contributed by atoms with Crippen LogP contribution in [0.25, 0.3) is 0 Å². The van der Waals surface area contributed by atoms with E-state index in [1.54, 1.807) is 0 Å². The highest BCUT2D eigenvalue weighted by atomic mass is 16.1. The zero-order chi connectivity index (χ0) is 21.9. The maximum Gasteiger partial charge on any atom is 0.120 e. The Labute approximate surface area is 177 Å². The summed E-state index contributed by atoms with van der Waals surface area (Å²) in [6.07, 6.45) is 6.06. The second-order valence-electron chi connectivity index (χ2n) is 9.66. The van der Waals surface area contributed by atoms with Gasteiger partial charge in [0.2, 0.25) is 0 Å². The maximum absolute atomic E-state index is 10.2. The van der Waals surface area contributed by atoms with Gasteiger partial charge >= 0.3 is 0 Å². The molecule has 2 aromatic rings. The molecule has 158 valence electrons. The van der Waals surface area contributed by atoms with Gasteiger partial charge in [-0.2, -0.15) is 0 Å². The van der Waals surface area contributed by atoms with Crippen molar-refractivity contribution in [2.45, 2.75) is 84.5 Å². The minimum absolute atomic E-state index is 0.211. The first kappa shape index (κ1) is 24.8. The summed E-state index contributed by atoms with van der Waals surface area (Å²) < 4.78 is 0. The maximum atomic E-state index is 10.2. The molecule has 29 heavy (non-hydrogen) atoms. The Hall–Kier alpha value is -2.22. The molecule has 0 N–H and O–H groups in total. The van der Waals surface area contributed by atoms with Crippen molar-refractivity contribution in [2.75, 3.05) is 0 Å². The summed E-state index contributed by atoms with van der Waals surface area (Å²) in [7, 11) is 0. The predicted molar refractivity (Wildman–Crippen MR) is 124 cm³/mol. The molecular weight excluding hydrogens is 356 g/mol. The van der Waals surface area contributed by atoms with Crippen molar-refractivity contribution in [3.05, 3.63) is 70.8 Å². The Balaban J connectivity index is 0.000000291. The van der Waals surface area contributed by atoms with Gasteiger partial charge in [0.1, 0.15) is 12.6 Å². The van der Waals surface area contributed by atoms with Crippen molar-refractivity contribution < 1.29 is 9.59 Å². The highest BCUT2D eigenvalue weighted by Crippen LogP contribution is 2.23. The molecule has 0 radical (unpaired) electrons. The molecule has 0 bridgehead atoms. The SMILES string of the molecule is CC(C)(C)c1ccc(CCC=O)cc1.CC(C)(C)c1ccc(CCCC=O)cc1. The average Bonchev–Trinajstić information content (AvgIpc) is 2.66. The molecule has 0 aliphatic carbocycles. The highest BCUT2D eigenvalue weighted by Gasteiger charge is 2.13. The van der Waals surface area contributed by atoms with Crippen LogP contribution in [0.5, 0.6) is 0 Å². The molecule has 0 unspecified atom stereocenters. The third-order valence-corrected chi connectivity index (χ3v) is 4.98. The first-order valence-corrected chi connectivity index (χ1v) is 10.6. The second kappa shape index (κ2) is 11.7. The molecule has 0 spiro atoms. The molecule has 0 heterocycles. The van der Waals surface area contributed by atoms with E-state index >= 15 is 0 Å². The van der Waals surface area contributed by atoms with Crippen LogP contribution >= 0.6 is 0 Å². The van der Waals surface area contributed by atoms with E-state index in [1.807, 2.05) is 0 Å². The quantitative estimate of drug-likeness (QED) is 0.390. The van der Waals surface area contributed by atoms with Crippen LogP contribution in [0.15, 0.2) is 48.5 Å². The fourth-order valence-corrected chi connectivity index (χ4v) is 2.96. The fourth-order valence-electron chi connectivity index (χ4n) is 2.96. The molecule has 2 rings (SSSR count). The summed E-state index contributed by atoms with van der Waals surface area (Å²) >= 11 is 0. The molecule has 0 aliphatic rings. The number of carbonyl (C=O) groups is 2. The lowest BCUT2D eigenvalue weighted by Crippen LogP contribution is -2.10. The monoisotopic (exact) mass is 394 g/mol. The number of rotatable bonds is 7. The number of aryl methyl sites for hydroxylation is 2. The lowest BCUT2D eigenvalue weighted by Gasteiger charge is -2.19. The topological polar surface area (TPSA) is 34.1 Å². The lowest BCUT2D eigenvalue weighted by atomic mass is 9.86. The molecule has 0 aliphatic heterocycles. The first-order valence-electron chi connectivity index (χ1n) is 10.6. The minimum Gasteiger partial charge on any atom is -0.303 e. The van der Waals surface area contributed by atoms with Crippen LogP contribution in [0.4, 0.5) is 0 Å². The number of carbonyl (C=O) groups excluding carboxylic acids is 2. The minimum atomic E-state index is 0.211. The molecule has 0 saturated carbocycles. The van der Waals surface area contributed by atoms with Gasteiger partial charge in [-0.15, -0.1) is 0 Å². The number of benzene rings is 2. The van der Waals surface area contributed by atoms with Crippen LogP contribution in [-0.2, 0) is 33.3 Å². The van der Waals surface area contributed by atoms with Gasteiger partial charge in [0.05, 0.1) is 0 Å². The molecule has 0 fully saturated rings. The molecule has 0 atom stereocenters. The number of hydrogen-bond donors (Lipinski definition) is 0.